The molecule has 0 radical (unpaired) electrons. The lowest BCUT2D eigenvalue weighted by Crippen LogP contribution is -2.25. The van der Waals surface area contributed by atoms with Gasteiger partial charge in [-0.25, -0.2) is 0 Å². The van der Waals surface area contributed by atoms with Gasteiger partial charge in [0.25, 0.3) is 5.91 Å². The molecular formula is C17H17BrN2O. The molecule has 0 saturated carbocycles. The average molecular weight is 345 g/mol. The molecule has 2 aromatic rings. The van der Waals surface area contributed by atoms with Gasteiger partial charge in [0, 0.05) is 22.3 Å². The van der Waals surface area contributed by atoms with Crippen molar-refractivity contribution in [2.45, 2.75) is 19.9 Å². The molecule has 1 aliphatic rings. The van der Waals surface area contributed by atoms with Gasteiger partial charge in [0.1, 0.15) is 0 Å². The smallest absolute Gasteiger partial charge is 0.255 e. The maximum absolute atomic E-state index is 12.4. The highest BCUT2D eigenvalue weighted by molar-refractivity contribution is 9.10. The zero-order chi connectivity index (χ0) is 14.8. The number of anilines is 1. The van der Waals surface area contributed by atoms with Crippen molar-refractivity contribution >= 4 is 27.5 Å². The van der Waals surface area contributed by atoms with Crippen molar-refractivity contribution in [2.24, 2.45) is 0 Å². The molecule has 0 bridgehead atoms. The van der Waals surface area contributed by atoms with Crippen molar-refractivity contribution in [1.29, 1.82) is 0 Å². The largest absolute Gasteiger partial charge is 0.322 e. The van der Waals surface area contributed by atoms with Crippen LogP contribution in [0.15, 0.2) is 40.9 Å². The van der Waals surface area contributed by atoms with Gasteiger partial charge in [-0.05, 0) is 60.8 Å². The maximum Gasteiger partial charge on any atom is 0.255 e. The fourth-order valence-corrected chi connectivity index (χ4v) is 2.88. The first-order valence-electron chi connectivity index (χ1n) is 7.04. The number of carbonyl (C=O) groups is 1. The van der Waals surface area contributed by atoms with Crippen LogP contribution < -0.4 is 10.6 Å². The summed E-state index contributed by atoms with van der Waals surface area (Å²) >= 11 is 3.46. The highest BCUT2D eigenvalue weighted by Gasteiger charge is 2.15. The van der Waals surface area contributed by atoms with E-state index in [0.29, 0.717) is 5.56 Å². The van der Waals surface area contributed by atoms with Crippen molar-refractivity contribution in [3.8, 4) is 0 Å². The molecule has 2 N–H and O–H groups in total. The number of amides is 1. The molecule has 3 nitrogen and oxygen atoms in total. The third kappa shape index (κ3) is 3.01. The van der Waals surface area contributed by atoms with Crippen LogP contribution in [0.5, 0.6) is 0 Å². The van der Waals surface area contributed by atoms with Gasteiger partial charge in [0.2, 0.25) is 0 Å². The number of benzene rings is 2. The number of rotatable bonds is 2. The molecule has 4 heteroatoms. The molecule has 108 valence electrons. The van der Waals surface area contributed by atoms with Crippen LogP contribution in [0.4, 0.5) is 5.69 Å². The number of hydrogen-bond donors (Lipinski definition) is 2. The first-order chi connectivity index (χ1) is 10.1. The maximum atomic E-state index is 12.4. The number of carbonyl (C=O) groups excluding carboxylic acids is 1. The van der Waals surface area contributed by atoms with E-state index in [1.165, 1.54) is 11.1 Å². The van der Waals surface area contributed by atoms with E-state index in [0.717, 1.165) is 35.2 Å². The highest BCUT2D eigenvalue weighted by atomic mass is 79.9. The second kappa shape index (κ2) is 6.00. The fourth-order valence-electron chi connectivity index (χ4n) is 2.63. The minimum atomic E-state index is -0.0578. The van der Waals surface area contributed by atoms with Crippen LogP contribution in [-0.4, -0.2) is 12.5 Å². The van der Waals surface area contributed by atoms with Crippen molar-refractivity contribution in [2.75, 3.05) is 11.9 Å². The van der Waals surface area contributed by atoms with Gasteiger partial charge in [0.05, 0.1) is 0 Å². The summed E-state index contributed by atoms with van der Waals surface area (Å²) in [5.41, 5.74) is 5.19. The number of hydrogen-bond acceptors (Lipinski definition) is 2. The molecule has 0 atom stereocenters. The van der Waals surface area contributed by atoms with Gasteiger partial charge in [-0.3, -0.25) is 4.79 Å². The van der Waals surface area contributed by atoms with Crippen molar-refractivity contribution in [3.63, 3.8) is 0 Å². The van der Waals surface area contributed by atoms with E-state index < -0.39 is 0 Å². The van der Waals surface area contributed by atoms with E-state index >= 15 is 0 Å². The van der Waals surface area contributed by atoms with Crippen LogP contribution in [0.1, 0.15) is 27.0 Å². The lowest BCUT2D eigenvalue weighted by molar-refractivity contribution is 0.102. The Morgan fingerprint density at radius 2 is 2.14 bits per heavy atom. The van der Waals surface area contributed by atoms with E-state index in [4.69, 9.17) is 0 Å². The molecule has 3 rings (SSSR count). The van der Waals surface area contributed by atoms with Crippen molar-refractivity contribution < 1.29 is 4.79 Å². The zero-order valence-corrected chi connectivity index (χ0v) is 13.5. The van der Waals surface area contributed by atoms with E-state index in [2.05, 4.69) is 32.6 Å². The summed E-state index contributed by atoms with van der Waals surface area (Å²) in [6, 6.07) is 11.7. The Balaban J connectivity index is 1.86. The summed E-state index contributed by atoms with van der Waals surface area (Å²) < 4.78 is 1.02. The predicted molar refractivity (Wildman–Crippen MR) is 88.7 cm³/mol. The number of fused-ring (bicyclic) bond motifs is 1. The third-order valence-corrected chi connectivity index (χ3v) is 4.70. The molecule has 1 aliphatic heterocycles. The minimum absolute atomic E-state index is 0.0578. The molecule has 0 aliphatic carbocycles. The molecule has 0 aromatic heterocycles. The average Bonchev–Trinajstić information content (AvgIpc) is 2.50. The van der Waals surface area contributed by atoms with Crippen molar-refractivity contribution in [3.05, 3.63) is 63.1 Å². The first kappa shape index (κ1) is 14.3. The summed E-state index contributed by atoms with van der Waals surface area (Å²) in [7, 11) is 0. The van der Waals surface area contributed by atoms with Crippen LogP contribution in [0.25, 0.3) is 0 Å². The normalized spacial score (nSPS) is 13.6. The second-order valence-electron chi connectivity index (χ2n) is 5.29. The highest BCUT2D eigenvalue weighted by Crippen LogP contribution is 2.24. The quantitative estimate of drug-likeness (QED) is 0.872. The molecule has 0 unspecified atom stereocenters. The SMILES string of the molecule is Cc1cc(C(=O)Nc2cccc3c2CCNC3)ccc1Br. The molecule has 0 saturated heterocycles. The van der Waals surface area contributed by atoms with E-state index in [-0.39, 0.29) is 5.91 Å². The summed E-state index contributed by atoms with van der Waals surface area (Å²) in [6.45, 7) is 3.81. The lowest BCUT2D eigenvalue weighted by Gasteiger charge is -2.20. The molecule has 2 aromatic carbocycles. The Bertz CT molecular complexity index is 697. The Morgan fingerprint density at radius 1 is 1.29 bits per heavy atom. The van der Waals surface area contributed by atoms with E-state index in [1.807, 2.05) is 37.3 Å². The van der Waals surface area contributed by atoms with Crippen molar-refractivity contribution in [1.82, 2.24) is 5.32 Å². The molecule has 0 fully saturated rings. The van der Waals surface area contributed by atoms with Gasteiger partial charge in [-0.1, -0.05) is 28.1 Å². The van der Waals surface area contributed by atoms with Gasteiger partial charge < -0.3 is 10.6 Å². The Morgan fingerprint density at radius 3 is 2.95 bits per heavy atom. The zero-order valence-electron chi connectivity index (χ0n) is 11.9. The number of nitrogens with one attached hydrogen (secondary N) is 2. The molecule has 0 spiro atoms. The number of halogens is 1. The summed E-state index contributed by atoms with van der Waals surface area (Å²) in [6.07, 6.45) is 0.950. The van der Waals surface area contributed by atoms with E-state index in [9.17, 15) is 4.79 Å². The summed E-state index contributed by atoms with van der Waals surface area (Å²) in [5, 5.41) is 6.40. The topological polar surface area (TPSA) is 41.1 Å². The Hall–Kier alpha value is -1.65. The molecule has 1 heterocycles. The monoisotopic (exact) mass is 344 g/mol. The van der Waals surface area contributed by atoms with Crippen LogP contribution in [0.2, 0.25) is 0 Å². The van der Waals surface area contributed by atoms with Gasteiger partial charge in [-0.2, -0.15) is 0 Å². The first-order valence-corrected chi connectivity index (χ1v) is 7.83. The minimum Gasteiger partial charge on any atom is -0.322 e. The fraction of sp³-hybridized carbons (Fsp3) is 0.235. The lowest BCUT2D eigenvalue weighted by atomic mass is 9.99. The van der Waals surface area contributed by atoms with Crippen LogP contribution >= 0.6 is 15.9 Å². The summed E-state index contributed by atoms with van der Waals surface area (Å²) in [4.78, 5) is 12.4. The van der Waals surface area contributed by atoms with Crippen LogP contribution in [-0.2, 0) is 13.0 Å². The van der Waals surface area contributed by atoms with Crippen LogP contribution in [0.3, 0.4) is 0 Å². The predicted octanol–water partition coefficient (Wildman–Crippen LogP) is 3.66. The van der Waals surface area contributed by atoms with Gasteiger partial charge in [-0.15, -0.1) is 0 Å². The number of aryl methyl sites for hydroxylation is 1. The standard InChI is InChI=1S/C17H17BrN2O/c1-11-9-12(5-6-15(11)18)17(21)20-16-4-2-3-13-10-19-8-7-14(13)16/h2-6,9,19H,7-8,10H2,1H3,(H,20,21). The molecule has 1 amide bonds. The molecular weight excluding hydrogens is 328 g/mol. The molecule has 21 heavy (non-hydrogen) atoms. The van der Waals surface area contributed by atoms with E-state index in [1.54, 1.807) is 0 Å². The summed E-state index contributed by atoms with van der Waals surface area (Å²) in [5.74, 6) is -0.0578. The second-order valence-corrected chi connectivity index (χ2v) is 6.14. The van der Waals surface area contributed by atoms with Crippen LogP contribution in [0, 0.1) is 6.92 Å². The third-order valence-electron chi connectivity index (χ3n) is 3.81. The Kier molecular flexibility index (Phi) is 4.08. The Labute approximate surface area is 132 Å². The van der Waals surface area contributed by atoms with Gasteiger partial charge in [0.15, 0.2) is 0 Å². The van der Waals surface area contributed by atoms with Gasteiger partial charge >= 0.3 is 0 Å².